The molecule has 1 atom stereocenters. The van der Waals surface area contributed by atoms with E-state index in [1.54, 1.807) is 19.1 Å². The lowest BCUT2D eigenvalue weighted by Gasteiger charge is -2.14. The molecule has 1 aromatic rings. The molecule has 0 saturated carbocycles. The van der Waals surface area contributed by atoms with Crippen LogP contribution in [0.2, 0.25) is 5.02 Å². The van der Waals surface area contributed by atoms with Gasteiger partial charge in [-0.1, -0.05) is 17.7 Å². The highest BCUT2D eigenvalue weighted by Gasteiger charge is 2.22. The second-order valence-corrected chi connectivity index (χ2v) is 4.15. The zero-order chi connectivity index (χ0) is 10.1. The molecule has 0 bridgehead atoms. The van der Waals surface area contributed by atoms with Gasteiger partial charge in [0.1, 0.15) is 5.82 Å². The number of nitrogens with one attached hydrogen (secondary N) is 1. The number of halogens is 2. The van der Waals surface area contributed by atoms with E-state index in [1.807, 2.05) is 0 Å². The Labute approximate surface area is 88.3 Å². The Bertz CT molecular complexity index is 345. The van der Waals surface area contributed by atoms with E-state index in [0.717, 1.165) is 19.4 Å². The molecule has 1 aliphatic rings. The molecule has 14 heavy (non-hydrogen) atoms. The maximum atomic E-state index is 13.8. The lowest BCUT2D eigenvalue weighted by molar-refractivity contribution is 0.553. The van der Waals surface area contributed by atoms with Crippen LogP contribution < -0.4 is 5.32 Å². The van der Waals surface area contributed by atoms with E-state index in [0.29, 0.717) is 16.1 Å². The Morgan fingerprint density at radius 3 is 2.93 bits per heavy atom. The zero-order valence-corrected chi connectivity index (χ0v) is 8.87. The normalized spacial score (nSPS) is 21.5. The average Bonchev–Trinajstić information content (AvgIpc) is 2.65. The Hall–Kier alpha value is -0.600. The van der Waals surface area contributed by atoms with Crippen LogP contribution in [0.4, 0.5) is 4.39 Å². The van der Waals surface area contributed by atoms with Gasteiger partial charge in [-0.05, 0) is 37.9 Å². The molecule has 1 aromatic carbocycles. The fourth-order valence-electron chi connectivity index (χ4n) is 1.93. The van der Waals surface area contributed by atoms with Crippen LogP contribution in [0.3, 0.4) is 0 Å². The van der Waals surface area contributed by atoms with Crippen LogP contribution in [0.15, 0.2) is 12.1 Å². The van der Waals surface area contributed by atoms with Crippen molar-refractivity contribution in [2.24, 2.45) is 0 Å². The largest absolute Gasteiger partial charge is 0.310 e. The monoisotopic (exact) mass is 213 g/mol. The highest BCUT2D eigenvalue weighted by atomic mass is 35.5. The lowest BCUT2D eigenvalue weighted by Crippen LogP contribution is -2.15. The minimum atomic E-state index is -0.156. The van der Waals surface area contributed by atoms with Gasteiger partial charge < -0.3 is 5.32 Å². The van der Waals surface area contributed by atoms with E-state index in [4.69, 9.17) is 11.6 Å². The van der Waals surface area contributed by atoms with E-state index in [-0.39, 0.29) is 11.9 Å². The first-order valence-electron chi connectivity index (χ1n) is 4.88. The molecule has 0 spiro atoms. The van der Waals surface area contributed by atoms with Crippen molar-refractivity contribution in [2.75, 3.05) is 6.54 Å². The molecule has 1 fully saturated rings. The fourth-order valence-corrected chi connectivity index (χ4v) is 2.21. The van der Waals surface area contributed by atoms with Gasteiger partial charge >= 0.3 is 0 Å². The highest BCUT2D eigenvalue weighted by Crippen LogP contribution is 2.32. The van der Waals surface area contributed by atoms with E-state index in [1.165, 1.54) is 0 Å². The summed E-state index contributed by atoms with van der Waals surface area (Å²) in [6, 6.07) is 3.59. The molecule has 1 saturated heterocycles. The molecule has 3 heteroatoms. The third-order valence-electron chi connectivity index (χ3n) is 2.73. The summed E-state index contributed by atoms with van der Waals surface area (Å²) in [6.45, 7) is 2.72. The van der Waals surface area contributed by atoms with Gasteiger partial charge in [-0.3, -0.25) is 0 Å². The maximum absolute atomic E-state index is 13.8. The van der Waals surface area contributed by atoms with Crippen LogP contribution in [0.5, 0.6) is 0 Å². The summed E-state index contributed by atoms with van der Waals surface area (Å²) in [6.07, 6.45) is 2.06. The third kappa shape index (κ3) is 1.64. The van der Waals surface area contributed by atoms with Crippen LogP contribution in [0.1, 0.15) is 30.0 Å². The second kappa shape index (κ2) is 3.87. The summed E-state index contributed by atoms with van der Waals surface area (Å²) in [5, 5.41) is 3.79. The Kier molecular flexibility index (Phi) is 2.75. The number of hydrogen-bond acceptors (Lipinski definition) is 1. The molecular formula is C11H13ClFN. The van der Waals surface area contributed by atoms with E-state index >= 15 is 0 Å². The van der Waals surface area contributed by atoms with Gasteiger partial charge in [0, 0.05) is 16.6 Å². The minimum Gasteiger partial charge on any atom is -0.310 e. The van der Waals surface area contributed by atoms with Crippen LogP contribution >= 0.6 is 11.6 Å². The first-order chi connectivity index (χ1) is 6.70. The minimum absolute atomic E-state index is 0.0994. The van der Waals surface area contributed by atoms with Gasteiger partial charge in [0.05, 0.1) is 0 Å². The summed E-state index contributed by atoms with van der Waals surface area (Å²) in [5.74, 6) is -0.156. The van der Waals surface area contributed by atoms with Crippen molar-refractivity contribution in [2.45, 2.75) is 25.8 Å². The first-order valence-corrected chi connectivity index (χ1v) is 5.26. The Morgan fingerprint density at radius 1 is 1.50 bits per heavy atom. The molecule has 0 unspecified atom stereocenters. The number of rotatable bonds is 1. The van der Waals surface area contributed by atoms with Crippen molar-refractivity contribution >= 4 is 11.6 Å². The predicted molar refractivity (Wildman–Crippen MR) is 56.1 cm³/mol. The van der Waals surface area contributed by atoms with Gasteiger partial charge in [-0.25, -0.2) is 4.39 Å². The fraction of sp³-hybridized carbons (Fsp3) is 0.455. The van der Waals surface area contributed by atoms with Crippen molar-refractivity contribution in [3.05, 3.63) is 34.1 Å². The molecule has 1 N–H and O–H groups in total. The number of hydrogen-bond donors (Lipinski definition) is 1. The van der Waals surface area contributed by atoms with Crippen LogP contribution in [0.25, 0.3) is 0 Å². The molecule has 2 rings (SSSR count). The van der Waals surface area contributed by atoms with Gasteiger partial charge in [-0.2, -0.15) is 0 Å². The van der Waals surface area contributed by atoms with Gasteiger partial charge in [0.25, 0.3) is 0 Å². The number of benzene rings is 1. The van der Waals surface area contributed by atoms with Crippen LogP contribution in [-0.2, 0) is 0 Å². The molecule has 1 heterocycles. The summed E-state index contributed by atoms with van der Waals surface area (Å²) in [7, 11) is 0. The van der Waals surface area contributed by atoms with Crippen molar-refractivity contribution in [1.82, 2.24) is 5.32 Å². The summed E-state index contributed by atoms with van der Waals surface area (Å²) < 4.78 is 13.8. The number of aryl methyl sites for hydroxylation is 1. The first kappa shape index (κ1) is 9.94. The van der Waals surface area contributed by atoms with Gasteiger partial charge in [0.15, 0.2) is 0 Å². The summed E-state index contributed by atoms with van der Waals surface area (Å²) >= 11 is 6.00. The molecule has 0 radical (unpaired) electrons. The van der Waals surface area contributed by atoms with Crippen molar-refractivity contribution < 1.29 is 4.39 Å². The Balaban J connectivity index is 2.44. The molecular weight excluding hydrogens is 201 g/mol. The smallest absolute Gasteiger partial charge is 0.132 e. The van der Waals surface area contributed by atoms with Crippen LogP contribution in [-0.4, -0.2) is 6.54 Å². The molecule has 1 aliphatic heterocycles. The third-order valence-corrected chi connectivity index (χ3v) is 3.06. The van der Waals surface area contributed by atoms with E-state index in [2.05, 4.69) is 5.32 Å². The van der Waals surface area contributed by atoms with Crippen molar-refractivity contribution in [1.29, 1.82) is 0 Å². The van der Waals surface area contributed by atoms with E-state index in [9.17, 15) is 4.39 Å². The van der Waals surface area contributed by atoms with Crippen molar-refractivity contribution in [3.8, 4) is 0 Å². The summed E-state index contributed by atoms with van der Waals surface area (Å²) in [5.41, 5.74) is 1.31. The lowest BCUT2D eigenvalue weighted by atomic mass is 10.0. The van der Waals surface area contributed by atoms with Crippen molar-refractivity contribution in [3.63, 3.8) is 0 Å². The second-order valence-electron chi connectivity index (χ2n) is 3.74. The Morgan fingerprint density at radius 2 is 2.29 bits per heavy atom. The standard InChI is InChI=1S/C11H13ClFN/c1-7-4-5-8(12)10(11(7)13)9-3-2-6-14-9/h4-5,9,14H,2-3,6H2,1H3/t9-/m0/s1. The molecule has 1 nitrogen and oxygen atoms in total. The quantitative estimate of drug-likeness (QED) is 0.756. The van der Waals surface area contributed by atoms with Gasteiger partial charge in [-0.15, -0.1) is 0 Å². The average molecular weight is 214 g/mol. The summed E-state index contributed by atoms with van der Waals surface area (Å²) in [4.78, 5) is 0. The zero-order valence-electron chi connectivity index (χ0n) is 8.11. The van der Waals surface area contributed by atoms with Gasteiger partial charge in [0.2, 0.25) is 0 Å². The maximum Gasteiger partial charge on any atom is 0.132 e. The predicted octanol–water partition coefficient (Wildman–Crippen LogP) is 3.21. The van der Waals surface area contributed by atoms with E-state index < -0.39 is 0 Å². The molecule has 76 valence electrons. The van der Waals surface area contributed by atoms with Crippen LogP contribution in [0, 0.1) is 12.7 Å². The molecule has 0 aromatic heterocycles. The molecule has 0 aliphatic carbocycles. The molecule has 0 amide bonds. The topological polar surface area (TPSA) is 12.0 Å². The highest BCUT2D eigenvalue weighted by molar-refractivity contribution is 6.31. The SMILES string of the molecule is Cc1ccc(Cl)c([C@@H]2CCCN2)c1F.